The molecule has 0 aliphatic carbocycles. The molecule has 224 valence electrons. The highest BCUT2D eigenvalue weighted by molar-refractivity contribution is 5.78. The normalized spacial score (nSPS) is 26.4. The van der Waals surface area contributed by atoms with Gasteiger partial charge in [-0.1, -0.05) is 19.6 Å². The summed E-state index contributed by atoms with van der Waals surface area (Å²) >= 11 is 0. The number of rotatable bonds is 5. The Morgan fingerprint density at radius 3 is 2.19 bits per heavy atom. The molecule has 3 aromatic rings. The smallest absolute Gasteiger partial charge is 0.307 e. The first-order chi connectivity index (χ1) is 20.4. The van der Waals surface area contributed by atoms with Crippen molar-refractivity contribution in [2.24, 2.45) is 0 Å². The van der Waals surface area contributed by atoms with Crippen LogP contribution < -0.4 is 16.0 Å². The number of aliphatic carboxylic acids is 1. The summed E-state index contributed by atoms with van der Waals surface area (Å²) in [5.41, 5.74) is 7.55. The van der Waals surface area contributed by atoms with Crippen LogP contribution in [0.4, 0.5) is 0 Å². The van der Waals surface area contributed by atoms with E-state index in [4.69, 9.17) is 4.74 Å². The summed E-state index contributed by atoms with van der Waals surface area (Å²) < 4.78 is 5.97. The molecule has 3 aliphatic heterocycles. The molecule has 9 nitrogen and oxygen atoms in total. The Hall–Kier alpha value is -4.50. The minimum Gasteiger partial charge on any atom is -0.481 e. The topological polar surface area (TPSA) is 143 Å². The summed E-state index contributed by atoms with van der Waals surface area (Å²) in [6.45, 7) is 14.0. The minimum atomic E-state index is -1.55. The first-order valence-corrected chi connectivity index (χ1v) is 14.7. The van der Waals surface area contributed by atoms with Crippen LogP contribution >= 0.6 is 0 Å². The van der Waals surface area contributed by atoms with Crippen LogP contribution in [0.1, 0.15) is 89.3 Å². The van der Waals surface area contributed by atoms with Gasteiger partial charge in [0.05, 0.1) is 11.4 Å². The van der Waals surface area contributed by atoms with Gasteiger partial charge in [0.1, 0.15) is 5.60 Å². The van der Waals surface area contributed by atoms with Crippen molar-refractivity contribution < 1.29 is 24.5 Å². The molecule has 0 saturated carbocycles. The van der Waals surface area contributed by atoms with Crippen molar-refractivity contribution in [2.45, 2.75) is 77.9 Å². The number of carbonyl (C=O) groups excluding carboxylic acids is 1. The first-order valence-electron chi connectivity index (χ1n) is 14.7. The summed E-state index contributed by atoms with van der Waals surface area (Å²) in [5.74, 6) is -1.26. The molecule has 6 rings (SSSR count). The summed E-state index contributed by atoms with van der Waals surface area (Å²) in [6, 6.07) is 0. The van der Waals surface area contributed by atoms with Crippen molar-refractivity contribution in [3.63, 3.8) is 0 Å². The Kier molecular flexibility index (Phi) is 6.69. The zero-order valence-corrected chi connectivity index (χ0v) is 25.2. The third-order valence-electron chi connectivity index (χ3n) is 9.56. The maximum Gasteiger partial charge on any atom is 0.307 e. The van der Waals surface area contributed by atoms with Crippen LogP contribution in [0.15, 0.2) is 18.0 Å². The molecule has 0 radical (unpaired) electrons. The fourth-order valence-electron chi connectivity index (χ4n) is 6.94. The van der Waals surface area contributed by atoms with E-state index in [1.54, 1.807) is 6.92 Å². The van der Waals surface area contributed by atoms with E-state index in [0.29, 0.717) is 29.9 Å². The number of carboxylic acids is 1. The van der Waals surface area contributed by atoms with Gasteiger partial charge in [-0.2, -0.15) is 0 Å². The van der Waals surface area contributed by atoms with Crippen LogP contribution in [0.25, 0.3) is 30.4 Å². The number of esters is 1. The quantitative estimate of drug-likeness (QED) is 0.254. The molecule has 6 N–H and O–H groups in total. The van der Waals surface area contributed by atoms with Gasteiger partial charge in [-0.25, -0.2) is 0 Å². The fraction of sp³-hybridized carbons (Fsp3) is 0.353. The standard InChI is InChI=1S/C34H38N4O5/c1-7-20-17(3)23-13-24-19(5)22(9-10-31(39)40)28(37-24)16-30-34(12-11-32(41)43-34)33(6,42)29(38-30)15-27-21(8-2)18(4)25(36-27)14-26(20)35-23/h7,13-16,35-38,42H,1,8-12H2,2-6H3,(H,39,40)/b23-13-,26-14-,29-15-,30-16-/t33-,34+/m0/s1. The Balaban J connectivity index is 1.71. The Morgan fingerprint density at radius 2 is 1.58 bits per heavy atom. The van der Waals surface area contributed by atoms with Gasteiger partial charge < -0.3 is 35.2 Å². The Labute approximate surface area is 249 Å². The lowest BCUT2D eigenvalue weighted by molar-refractivity contribution is -0.158. The van der Waals surface area contributed by atoms with E-state index in [2.05, 4.69) is 53.7 Å². The number of carboxylic acid groups (broad SMARTS) is 1. The third-order valence-corrected chi connectivity index (χ3v) is 9.56. The van der Waals surface area contributed by atoms with Crippen LogP contribution in [0.2, 0.25) is 0 Å². The van der Waals surface area contributed by atoms with Crippen LogP contribution in [-0.2, 0) is 27.2 Å². The number of aromatic nitrogens is 3. The number of fused-ring (bicyclic) bond motifs is 9. The van der Waals surface area contributed by atoms with Crippen LogP contribution in [0.5, 0.6) is 0 Å². The number of hydrogen-bond donors (Lipinski definition) is 6. The molecule has 0 amide bonds. The number of H-pyrrole nitrogens is 3. The third kappa shape index (κ3) is 4.33. The molecule has 2 atom stereocenters. The monoisotopic (exact) mass is 582 g/mol. The van der Waals surface area contributed by atoms with Gasteiger partial charge in [-0.15, -0.1) is 0 Å². The van der Waals surface area contributed by atoms with E-state index >= 15 is 0 Å². The second-order valence-electron chi connectivity index (χ2n) is 12.0. The van der Waals surface area contributed by atoms with E-state index in [0.717, 1.165) is 67.6 Å². The molecular formula is C34H38N4O5. The molecule has 0 aromatic carbocycles. The van der Waals surface area contributed by atoms with E-state index in [1.165, 1.54) is 0 Å². The number of aromatic amines is 3. The predicted octanol–water partition coefficient (Wildman–Crippen LogP) is 3.60. The second kappa shape index (κ2) is 10.1. The van der Waals surface area contributed by atoms with E-state index < -0.39 is 17.2 Å². The molecule has 6 heterocycles. The average Bonchev–Trinajstić information content (AvgIpc) is 3.69. The van der Waals surface area contributed by atoms with Crippen molar-refractivity contribution in [1.29, 1.82) is 0 Å². The number of ether oxygens (including phenoxy) is 1. The number of hydrogen-bond acceptors (Lipinski definition) is 5. The van der Waals surface area contributed by atoms with Crippen LogP contribution in [0, 0.1) is 20.8 Å². The fourth-order valence-corrected chi connectivity index (χ4v) is 6.94. The number of aliphatic hydroxyl groups is 1. The molecule has 2 saturated heterocycles. The van der Waals surface area contributed by atoms with E-state index in [1.807, 2.05) is 31.2 Å². The van der Waals surface area contributed by atoms with Crippen LogP contribution in [-0.4, -0.2) is 48.3 Å². The first kappa shape index (κ1) is 28.6. The highest BCUT2D eigenvalue weighted by Gasteiger charge is 2.63. The maximum atomic E-state index is 12.6. The largest absolute Gasteiger partial charge is 0.481 e. The maximum absolute atomic E-state index is 12.6. The lowest BCUT2D eigenvalue weighted by Crippen LogP contribution is -2.49. The van der Waals surface area contributed by atoms with Crippen molar-refractivity contribution in [3.05, 3.63) is 84.8 Å². The molecule has 3 aliphatic rings. The average molecular weight is 583 g/mol. The molecule has 2 fully saturated rings. The van der Waals surface area contributed by atoms with E-state index in [-0.39, 0.29) is 18.8 Å². The summed E-state index contributed by atoms with van der Waals surface area (Å²) in [6.07, 6.45) is 11.3. The van der Waals surface area contributed by atoms with Crippen molar-refractivity contribution in [3.8, 4) is 0 Å². The molecule has 3 aromatic heterocycles. The molecule has 8 bridgehead atoms. The predicted molar refractivity (Wildman–Crippen MR) is 166 cm³/mol. The van der Waals surface area contributed by atoms with Gasteiger partial charge in [0.15, 0.2) is 5.60 Å². The zero-order valence-electron chi connectivity index (χ0n) is 25.2. The Bertz CT molecular complexity index is 1890. The van der Waals surface area contributed by atoms with Crippen molar-refractivity contribution in [2.75, 3.05) is 0 Å². The summed E-state index contributed by atoms with van der Waals surface area (Å²) in [5, 5.41) is 26.9. The lowest BCUT2D eigenvalue weighted by atomic mass is 9.80. The van der Waals surface area contributed by atoms with Gasteiger partial charge in [0.2, 0.25) is 0 Å². The van der Waals surface area contributed by atoms with Crippen LogP contribution in [0.3, 0.4) is 0 Å². The minimum absolute atomic E-state index is 0.0416. The SMILES string of the molecule is C=Cc1c(C)/c2[nH]/c1=C\c1[nH]c(c(CC)c1C)/C=C1\N/C(=C\c3[nH]c(c(C)c3CCC(=O)O)\C=2)[C@]2(CCC(=O)O2)[C@@]1(C)O. The molecule has 9 heteroatoms. The van der Waals surface area contributed by atoms with Gasteiger partial charge in [-0.3, -0.25) is 9.59 Å². The number of carbonyl (C=O) groups is 2. The second-order valence-corrected chi connectivity index (χ2v) is 12.0. The molecular weight excluding hydrogens is 544 g/mol. The summed E-state index contributed by atoms with van der Waals surface area (Å²) in [7, 11) is 0. The van der Waals surface area contributed by atoms with Crippen molar-refractivity contribution in [1.82, 2.24) is 20.3 Å². The zero-order chi connectivity index (χ0) is 30.8. The lowest BCUT2D eigenvalue weighted by Gasteiger charge is -2.34. The van der Waals surface area contributed by atoms with E-state index in [9.17, 15) is 19.8 Å². The Morgan fingerprint density at radius 1 is 0.953 bits per heavy atom. The highest BCUT2D eigenvalue weighted by atomic mass is 16.6. The molecule has 0 unspecified atom stereocenters. The number of nitrogens with one attached hydrogen (secondary N) is 4. The highest BCUT2D eigenvalue weighted by Crippen LogP contribution is 2.50. The van der Waals surface area contributed by atoms with Gasteiger partial charge >= 0.3 is 11.9 Å². The van der Waals surface area contributed by atoms with Gasteiger partial charge in [0, 0.05) is 58.3 Å². The van der Waals surface area contributed by atoms with Gasteiger partial charge in [-0.05, 0) is 92.7 Å². The molecule has 1 spiro atoms. The summed E-state index contributed by atoms with van der Waals surface area (Å²) in [4.78, 5) is 34.8. The van der Waals surface area contributed by atoms with Crippen molar-refractivity contribution >= 4 is 42.3 Å². The molecule has 43 heavy (non-hydrogen) atoms. The van der Waals surface area contributed by atoms with Gasteiger partial charge in [0.25, 0.3) is 0 Å².